The number of aliphatic carboxylic acids is 1. The highest BCUT2D eigenvalue weighted by Gasteiger charge is 2.27. The van der Waals surface area contributed by atoms with Crippen LogP contribution in [0.5, 0.6) is 0 Å². The van der Waals surface area contributed by atoms with E-state index in [4.69, 9.17) is 5.11 Å². The molecule has 1 fully saturated rings. The van der Waals surface area contributed by atoms with Gasteiger partial charge in [-0.3, -0.25) is 14.4 Å². The lowest BCUT2D eigenvalue weighted by Gasteiger charge is -2.15. The van der Waals surface area contributed by atoms with Gasteiger partial charge in [0.1, 0.15) is 6.04 Å². The van der Waals surface area contributed by atoms with Crippen LogP contribution in [0.3, 0.4) is 0 Å². The number of rotatable bonds is 6. The first-order valence-corrected chi connectivity index (χ1v) is 5.81. The van der Waals surface area contributed by atoms with E-state index < -0.39 is 12.0 Å². The molecular weight excluding hydrogens is 224 g/mol. The van der Waals surface area contributed by atoms with Crippen LogP contribution in [0.25, 0.3) is 0 Å². The highest BCUT2D eigenvalue weighted by Crippen LogP contribution is 2.09. The van der Waals surface area contributed by atoms with Crippen molar-refractivity contribution in [1.29, 1.82) is 0 Å². The van der Waals surface area contributed by atoms with Crippen molar-refractivity contribution in [3.63, 3.8) is 0 Å². The topological polar surface area (TPSA) is 95.5 Å². The van der Waals surface area contributed by atoms with Crippen LogP contribution in [0, 0.1) is 5.92 Å². The van der Waals surface area contributed by atoms with Crippen molar-refractivity contribution >= 4 is 17.8 Å². The van der Waals surface area contributed by atoms with Crippen LogP contribution in [0.4, 0.5) is 0 Å². The summed E-state index contributed by atoms with van der Waals surface area (Å²) in [4.78, 5) is 33.1. The second-order valence-corrected chi connectivity index (χ2v) is 4.28. The van der Waals surface area contributed by atoms with E-state index in [0.29, 0.717) is 25.8 Å². The molecule has 0 aliphatic carbocycles. The average molecular weight is 242 g/mol. The summed E-state index contributed by atoms with van der Waals surface area (Å²) in [6, 6.07) is -0.454. The van der Waals surface area contributed by atoms with Crippen molar-refractivity contribution < 1.29 is 19.5 Å². The molecule has 0 aromatic heterocycles. The second kappa shape index (κ2) is 6.22. The van der Waals surface area contributed by atoms with Crippen LogP contribution in [0.1, 0.15) is 32.6 Å². The maximum absolute atomic E-state index is 11.6. The maximum Gasteiger partial charge on any atom is 0.303 e. The highest BCUT2D eigenvalue weighted by atomic mass is 16.4. The Kier molecular flexibility index (Phi) is 4.93. The lowest BCUT2D eigenvalue weighted by Crippen LogP contribution is -2.43. The van der Waals surface area contributed by atoms with Gasteiger partial charge in [0.15, 0.2) is 0 Å². The minimum absolute atomic E-state index is 0.0494. The molecule has 0 aromatic rings. The Morgan fingerprint density at radius 2 is 2.29 bits per heavy atom. The zero-order chi connectivity index (χ0) is 12.8. The zero-order valence-corrected chi connectivity index (χ0v) is 9.86. The second-order valence-electron chi connectivity index (χ2n) is 4.28. The lowest BCUT2D eigenvalue weighted by atomic mass is 10.0. The van der Waals surface area contributed by atoms with Gasteiger partial charge in [-0.05, 0) is 12.3 Å². The van der Waals surface area contributed by atoms with Crippen LogP contribution in [-0.4, -0.2) is 35.5 Å². The van der Waals surface area contributed by atoms with E-state index in [1.54, 1.807) is 0 Å². The maximum atomic E-state index is 11.6. The molecule has 2 amide bonds. The summed E-state index contributed by atoms with van der Waals surface area (Å²) in [6.45, 7) is 2.23. The molecule has 1 aliphatic rings. The molecule has 1 aliphatic heterocycles. The van der Waals surface area contributed by atoms with Crippen LogP contribution >= 0.6 is 0 Å². The molecule has 2 atom stereocenters. The molecule has 96 valence electrons. The Hall–Kier alpha value is -1.59. The Labute approximate surface area is 99.8 Å². The predicted molar refractivity (Wildman–Crippen MR) is 60.2 cm³/mol. The lowest BCUT2D eigenvalue weighted by molar-refractivity contribution is -0.138. The van der Waals surface area contributed by atoms with Crippen molar-refractivity contribution in [2.75, 3.05) is 6.54 Å². The quantitative estimate of drug-likeness (QED) is 0.605. The molecule has 0 saturated carbocycles. The van der Waals surface area contributed by atoms with E-state index in [2.05, 4.69) is 10.6 Å². The zero-order valence-electron chi connectivity index (χ0n) is 9.86. The molecule has 1 heterocycles. The monoisotopic (exact) mass is 242 g/mol. The Morgan fingerprint density at radius 1 is 1.59 bits per heavy atom. The molecule has 6 nitrogen and oxygen atoms in total. The minimum atomic E-state index is -0.861. The first kappa shape index (κ1) is 13.5. The Morgan fingerprint density at radius 3 is 2.76 bits per heavy atom. The molecule has 2 unspecified atom stereocenters. The van der Waals surface area contributed by atoms with Crippen molar-refractivity contribution in [3.05, 3.63) is 0 Å². The van der Waals surface area contributed by atoms with Crippen LogP contribution < -0.4 is 10.6 Å². The van der Waals surface area contributed by atoms with Gasteiger partial charge < -0.3 is 15.7 Å². The third-order valence-corrected chi connectivity index (χ3v) is 2.92. The van der Waals surface area contributed by atoms with Crippen molar-refractivity contribution in [3.8, 4) is 0 Å². The standard InChI is InChI=1S/C11H18N2O4/c1-2-7(5-10(15)16)6-12-11(17)8-3-4-9(14)13-8/h7-8H,2-6H2,1H3,(H,12,17)(H,13,14)(H,15,16). The predicted octanol–water partition coefficient (Wildman–Crippen LogP) is -0.118. The summed E-state index contributed by atoms with van der Waals surface area (Å²) in [5, 5.41) is 13.9. The van der Waals surface area contributed by atoms with Gasteiger partial charge in [-0.2, -0.15) is 0 Å². The summed E-state index contributed by atoms with van der Waals surface area (Å²) in [5.74, 6) is -1.25. The first-order chi connectivity index (χ1) is 8.02. The van der Waals surface area contributed by atoms with E-state index in [-0.39, 0.29) is 24.2 Å². The van der Waals surface area contributed by atoms with Gasteiger partial charge >= 0.3 is 5.97 Å². The van der Waals surface area contributed by atoms with Crippen LogP contribution in [0.15, 0.2) is 0 Å². The summed E-state index contributed by atoms with van der Waals surface area (Å²) < 4.78 is 0. The normalized spacial score (nSPS) is 20.8. The van der Waals surface area contributed by atoms with Gasteiger partial charge in [0, 0.05) is 19.4 Å². The van der Waals surface area contributed by atoms with E-state index in [1.165, 1.54) is 0 Å². The van der Waals surface area contributed by atoms with Gasteiger partial charge in [-0.15, -0.1) is 0 Å². The van der Waals surface area contributed by atoms with E-state index in [0.717, 1.165) is 0 Å². The molecular formula is C11H18N2O4. The van der Waals surface area contributed by atoms with E-state index >= 15 is 0 Å². The number of carbonyl (C=O) groups is 3. The van der Waals surface area contributed by atoms with Crippen LogP contribution in [-0.2, 0) is 14.4 Å². The molecule has 3 N–H and O–H groups in total. The van der Waals surface area contributed by atoms with Gasteiger partial charge in [0.05, 0.1) is 0 Å². The third kappa shape index (κ3) is 4.42. The van der Waals surface area contributed by atoms with Crippen molar-refractivity contribution in [2.24, 2.45) is 5.92 Å². The number of hydrogen-bond acceptors (Lipinski definition) is 3. The van der Waals surface area contributed by atoms with Gasteiger partial charge in [-0.25, -0.2) is 0 Å². The molecule has 17 heavy (non-hydrogen) atoms. The summed E-state index contributed by atoms with van der Waals surface area (Å²) >= 11 is 0. The number of carboxylic acids is 1. The number of carbonyl (C=O) groups excluding carboxylic acids is 2. The fourth-order valence-corrected chi connectivity index (χ4v) is 1.79. The molecule has 0 spiro atoms. The molecule has 1 saturated heterocycles. The fourth-order valence-electron chi connectivity index (χ4n) is 1.79. The van der Waals surface area contributed by atoms with Crippen molar-refractivity contribution in [1.82, 2.24) is 10.6 Å². The summed E-state index contributed by atoms with van der Waals surface area (Å²) in [7, 11) is 0. The molecule has 1 rings (SSSR count). The van der Waals surface area contributed by atoms with Crippen molar-refractivity contribution in [2.45, 2.75) is 38.6 Å². The highest BCUT2D eigenvalue weighted by molar-refractivity contribution is 5.90. The SMILES string of the molecule is CCC(CNC(=O)C1CCC(=O)N1)CC(=O)O. The smallest absolute Gasteiger partial charge is 0.303 e. The average Bonchev–Trinajstić information content (AvgIpc) is 2.70. The third-order valence-electron chi connectivity index (χ3n) is 2.92. The number of hydrogen-bond donors (Lipinski definition) is 3. The van der Waals surface area contributed by atoms with E-state index in [9.17, 15) is 14.4 Å². The molecule has 0 aromatic carbocycles. The van der Waals surface area contributed by atoms with Gasteiger partial charge in [-0.1, -0.05) is 13.3 Å². The molecule has 6 heteroatoms. The largest absolute Gasteiger partial charge is 0.481 e. The van der Waals surface area contributed by atoms with Gasteiger partial charge in [0.2, 0.25) is 11.8 Å². The molecule has 0 radical (unpaired) electrons. The number of carboxylic acid groups (broad SMARTS) is 1. The Balaban J connectivity index is 2.31. The Bertz CT molecular complexity index is 317. The molecule has 0 bridgehead atoms. The summed E-state index contributed by atoms with van der Waals surface area (Å²) in [5.41, 5.74) is 0. The number of amides is 2. The first-order valence-electron chi connectivity index (χ1n) is 5.81. The number of nitrogens with one attached hydrogen (secondary N) is 2. The van der Waals surface area contributed by atoms with Crippen LogP contribution in [0.2, 0.25) is 0 Å². The van der Waals surface area contributed by atoms with Gasteiger partial charge in [0.25, 0.3) is 0 Å². The van der Waals surface area contributed by atoms with E-state index in [1.807, 2.05) is 6.92 Å². The summed E-state index contributed by atoms with van der Waals surface area (Å²) in [6.07, 6.45) is 1.64. The minimum Gasteiger partial charge on any atom is -0.481 e. The fraction of sp³-hybridized carbons (Fsp3) is 0.727.